The minimum atomic E-state index is 0.295. The molecule has 0 aliphatic rings. The van der Waals surface area contributed by atoms with Gasteiger partial charge in [-0.25, -0.2) is 0 Å². The SMILES string of the molecule is CCNC(Cc1cnn(CC)c1)c1c(C)nn(C)c1C. The van der Waals surface area contributed by atoms with Crippen molar-refractivity contribution in [3.05, 3.63) is 34.9 Å². The van der Waals surface area contributed by atoms with Gasteiger partial charge in [-0.15, -0.1) is 0 Å². The topological polar surface area (TPSA) is 47.7 Å². The Kier molecular flexibility index (Phi) is 4.60. The number of aromatic nitrogens is 4. The highest BCUT2D eigenvalue weighted by Gasteiger charge is 2.20. The number of hydrogen-bond donors (Lipinski definition) is 1. The zero-order valence-corrected chi connectivity index (χ0v) is 13.1. The molecule has 0 fully saturated rings. The molecule has 1 atom stereocenters. The van der Waals surface area contributed by atoms with Gasteiger partial charge in [0.2, 0.25) is 0 Å². The largest absolute Gasteiger partial charge is 0.310 e. The summed E-state index contributed by atoms with van der Waals surface area (Å²) in [4.78, 5) is 0. The van der Waals surface area contributed by atoms with Gasteiger partial charge in [0.1, 0.15) is 0 Å². The van der Waals surface area contributed by atoms with Crippen LogP contribution in [0.3, 0.4) is 0 Å². The maximum Gasteiger partial charge on any atom is 0.0644 e. The van der Waals surface area contributed by atoms with Crippen molar-refractivity contribution in [1.29, 1.82) is 0 Å². The Morgan fingerprint density at radius 3 is 2.55 bits per heavy atom. The van der Waals surface area contributed by atoms with E-state index in [0.29, 0.717) is 6.04 Å². The van der Waals surface area contributed by atoms with Gasteiger partial charge < -0.3 is 5.32 Å². The minimum Gasteiger partial charge on any atom is -0.310 e. The van der Waals surface area contributed by atoms with Gasteiger partial charge >= 0.3 is 0 Å². The fourth-order valence-electron chi connectivity index (χ4n) is 2.74. The standard InChI is InChI=1S/C15H25N5/c1-6-16-14(8-13-9-17-20(7-2)10-13)15-11(3)18-19(5)12(15)4/h9-10,14,16H,6-8H2,1-5H3. The Balaban J connectivity index is 2.26. The lowest BCUT2D eigenvalue weighted by Gasteiger charge is -2.18. The molecule has 0 saturated carbocycles. The fourth-order valence-corrected chi connectivity index (χ4v) is 2.74. The van der Waals surface area contributed by atoms with Crippen LogP contribution in [0.5, 0.6) is 0 Å². The first-order chi connectivity index (χ1) is 9.56. The van der Waals surface area contributed by atoms with Crippen LogP contribution in [0.4, 0.5) is 0 Å². The molecule has 20 heavy (non-hydrogen) atoms. The van der Waals surface area contributed by atoms with Crippen molar-refractivity contribution in [2.45, 2.75) is 46.7 Å². The summed E-state index contributed by atoms with van der Waals surface area (Å²) < 4.78 is 3.94. The van der Waals surface area contributed by atoms with Crippen LogP contribution in [-0.2, 0) is 20.0 Å². The van der Waals surface area contributed by atoms with E-state index in [1.807, 2.05) is 22.6 Å². The number of nitrogens with one attached hydrogen (secondary N) is 1. The first-order valence-corrected chi connectivity index (χ1v) is 7.31. The summed E-state index contributed by atoms with van der Waals surface area (Å²) in [7, 11) is 2.00. The first kappa shape index (κ1) is 14.8. The molecule has 0 aliphatic heterocycles. The molecule has 0 radical (unpaired) electrons. The second-order valence-electron chi connectivity index (χ2n) is 5.23. The highest BCUT2D eigenvalue weighted by atomic mass is 15.3. The van der Waals surface area contributed by atoms with Crippen LogP contribution in [0.15, 0.2) is 12.4 Å². The van der Waals surface area contributed by atoms with E-state index in [1.54, 1.807) is 0 Å². The molecule has 1 unspecified atom stereocenters. The van der Waals surface area contributed by atoms with Crippen LogP contribution in [0, 0.1) is 13.8 Å². The quantitative estimate of drug-likeness (QED) is 0.878. The highest BCUT2D eigenvalue weighted by Crippen LogP contribution is 2.24. The minimum absolute atomic E-state index is 0.295. The average molecular weight is 275 g/mol. The van der Waals surface area contributed by atoms with Crippen LogP contribution < -0.4 is 5.32 Å². The molecule has 110 valence electrons. The number of likely N-dealkylation sites (N-methyl/N-ethyl adjacent to an activating group) is 1. The Bertz CT molecular complexity index is 567. The summed E-state index contributed by atoms with van der Waals surface area (Å²) in [5, 5.41) is 12.5. The lowest BCUT2D eigenvalue weighted by Crippen LogP contribution is -2.24. The molecule has 0 aliphatic carbocycles. The van der Waals surface area contributed by atoms with Gasteiger partial charge in [-0.2, -0.15) is 10.2 Å². The third-order valence-corrected chi connectivity index (χ3v) is 3.81. The fraction of sp³-hybridized carbons (Fsp3) is 0.600. The number of rotatable bonds is 6. The lowest BCUT2D eigenvalue weighted by molar-refractivity contribution is 0.543. The summed E-state index contributed by atoms with van der Waals surface area (Å²) in [5.74, 6) is 0. The molecule has 2 rings (SSSR count). The van der Waals surface area contributed by atoms with Crippen LogP contribution >= 0.6 is 0 Å². The zero-order valence-electron chi connectivity index (χ0n) is 13.1. The Labute approximate surface area is 121 Å². The van der Waals surface area contributed by atoms with Crippen LogP contribution in [0.25, 0.3) is 0 Å². The van der Waals surface area contributed by atoms with E-state index in [-0.39, 0.29) is 0 Å². The highest BCUT2D eigenvalue weighted by molar-refractivity contribution is 5.29. The Hall–Kier alpha value is -1.62. The third-order valence-electron chi connectivity index (χ3n) is 3.81. The van der Waals surface area contributed by atoms with E-state index < -0.39 is 0 Å². The summed E-state index contributed by atoms with van der Waals surface area (Å²) in [6.07, 6.45) is 5.04. The van der Waals surface area contributed by atoms with Crippen molar-refractivity contribution in [3.63, 3.8) is 0 Å². The molecule has 5 heteroatoms. The number of hydrogen-bond acceptors (Lipinski definition) is 3. The van der Waals surface area contributed by atoms with Crippen LogP contribution in [0.1, 0.15) is 42.4 Å². The Morgan fingerprint density at radius 2 is 2.05 bits per heavy atom. The summed E-state index contributed by atoms with van der Waals surface area (Å²) in [6.45, 7) is 10.3. The average Bonchev–Trinajstić information content (AvgIpc) is 2.95. The first-order valence-electron chi connectivity index (χ1n) is 7.31. The predicted molar refractivity (Wildman–Crippen MR) is 80.7 cm³/mol. The van der Waals surface area contributed by atoms with Crippen molar-refractivity contribution >= 4 is 0 Å². The van der Waals surface area contributed by atoms with Gasteiger partial charge in [0.15, 0.2) is 0 Å². The van der Waals surface area contributed by atoms with Gasteiger partial charge in [-0.1, -0.05) is 6.92 Å². The van der Waals surface area contributed by atoms with Gasteiger partial charge in [0.25, 0.3) is 0 Å². The van der Waals surface area contributed by atoms with Crippen molar-refractivity contribution in [2.75, 3.05) is 6.54 Å². The smallest absolute Gasteiger partial charge is 0.0644 e. The molecule has 2 heterocycles. The van der Waals surface area contributed by atoms with E-state index in [1.165, 1.54) is 16.8 Å². The number of aryl methyl sites for hydroxylation is 3. The van der Waals surface area contributed by atoms with E-state index in [2.05, 4.69) is 49.4 Å². The lowest BCUT2D eigenvalue weighted by atomic mass is 9.99. The summed E-state index contributed by atoms with van der Waals surface area (Å²) in [5.41, 5.74) is 4.93. The second kappa shape index (κ2) is 6.22. The third kappa shape index (κ3) is 2.93. The van der Waals surface area contributed by atoms with E-state index in [0.717, 1.165) is 25.2 Å². The van der Waals surface area contributed by atoms with Crippen molar-refractivity contribution < 1.29 is 0 Å². The van der Waals surface area contributed by atoms with E-state index in [4.69, 9.17) is 0 Å². The summed E-state index contributed by atoms with van der Waals surface area (Å²) in [6, 6.07) is 0.295. The molecular formula is C15H25N5. The van der Waals surface area contributed by atoms with Gasteiger partial charge in [0.05, 0.1) is 11.9 Å². The van der Waals surface area contributed by atoms with Gasteiger partial charge in [-0.3, -0.25) is 9.36 Å². The molecule has 0 spiro atoms. The van der Waals surface area contributed by atoms with Gasteiger partial charge in [0, 0.05) is 37.1 Å². The van der Waals surface area contributed by atoms with Crippen LogP contribution in [0.2, 0.25) is 0 Å². The molecule has 2 aromatic rings. The van der Waals surface area contributed by atoms with E-state index in [9.17, 15) is 0 Å². The molecule has 2 aromatic heterocycles. The van der Waals surface area contributed by atoms with Crippen LogP contribution in [-0.4, -0.2) is 26.1 Å². The maximum atomic E-state index is 4.53. The van der Waals surface area contributed by atoms with Gasteiger partial charge in [-0.05, 0) is 39.3 Å². The predicted octanol–water partition coefficient (Wildman–Crippen LogP) is 2.15. The number of nitrogens with zero attached hydrogens (tertiary/aromatic N) is 4. The second-order valence-corrected chi connectivity index (χ2v) is 5.23. The van der Waals surface area contributed by atoms with E-state index >= 15 is 0 Å². The Morgan fingerprint density at radius 1 is 1.30 bits per heavy atom. The molecular weight excluding hydrogens is 250 g/mol. The summed E-state index contributed by atoms with van der Waals surface area (Å²) >= 11 is 0. The van der Waals surface area contributed by atoms with Crippen molar-refractivity contribution in [2.24, 2.45) is 7.05 Å². The van der Waals surface area contributed by atoms with Crippen molar-refractivity contribution in [1.82, 2.24) is 24.9 Å². The molecule has 0 saturated heterocycles. The molecule has 1 N–H and O–H groups in total. The zero-order chi connectivity index (χ0) is 14.7. The maximum absolute atomic E-state index is 4.53. The molecule has 0 bridgehead atoms. The molecule has 5 nitrogen and oxygen atoms in total. The normalized spacial score (nSPS) is 12.8. The molecule has 0 amide bonds. The van der Waals surface area contributed by atoms with Crippen molar-refractivity contribution in [3.8, 4) is 0 Å². The molecule has 0 aromatic carbocycles. The monoisotopic (exact) mass is 275 g/mol.